The molecule has 0 saturated heterocycles. The fraction of sp³-hybridized carbons (Fsp3) is 0.409. The number of hydrogen-bond acceptors (Lipinski definition) is 4. The highest BCUT2D eigenvalue weighted by Gasteiger charge is 2.42. The van der Waals surface area contributed by atoms with Crippen LogP contribution in [-0.4, -0.2) is 33.0 Å². The number of aromatic nitrogens is 2. The molecule has 0 N–H and O–H groups in total. The van der Waals surface area contributed by atoms with Crippen LogP contribution in [0.5, 0.6) is 0 Å². The Morgan fingerprint density at radius 2 is 2.00 bits per heavy atom. The molecule has 3 aromatic rings. The largest absolute Gasteiger partial charge is 0.335 e. The second-order valence-corrected chi connectivity index (χ2v) is 8.00. The van der Waals surface area contributed by atoms with Crippen LogP contribution in [0.15, 0.2) is 34.9 Å². The van der Waals surface area contributed by atoms with Gasteiger partial charge in [-0.1, -0.05) is 17.3 Å². The van der Waals surface area contributed by atoms with Crippen molar-refractivity contribution in [1.29, 1.82) is 0 Å². The van der Waals surface area contributed by atoms with E-state index in [1.807, 2.05) is 4.90 Å². The number of nitrogens with zero attached hydrogens (tertiary/aromatic N) is 3. The van der Waals surface area contributed by atoms with Gasteiger partial charge in [0.1, 0.15) is 5.82 Å². The van der Waals surface area contributed by atoms with Crippen LogP contribution in [0.25, 0.3) is 22.4 Å². The van der Waals surface area contributed by atoms with E-state index in [0.29, 0.717) is 39.9 Å². The third-order valence-corrected chi connectivity index (χ3v) is 5.92. The number of pyridine rings is 1. The molecule has 5 nitrogen and oxygen atoms in total. The quantitative estimate of drug-likeness (QED) is 0.642. The summed E-state index contributed by atoms with van der Waals surface area (Å²) in [4.78, 5) is 20.1. The fourth-order valence-corrected chi connectivity index (χ4v) is 4.05. The van der Waals surface area contributed by atoms with Gasteiger partial charge in [0.05, 0.1) is 22.3 Å². The average molecular weight is 379 g/mol. The van der Waals surface area contributed by atoms with E-state index >= 15 is 0 Å². The van der Waals surface area contributed by atoms with Crippen LogP contribution in [-0.2, 0) is 0 Å². The molecule has 6 heteroatoms. The van der Waals surface area contributed by atoms with Crippen molar-refractivity contribution in [2.24, 2.45) is 5.92 Å². The van der Waals surface area contributed by atoms with Crippen LogP contribution in [0.4, 0.5) is 4.39 Å². The summed E-state index contributed by atoms with van der Waals surface area (Å²) in [6, 6.07) is 8.63. The third-order valence-electron chi connectivity index (χ3n) is 5.92. The topological polar surface area (TPSA) is 59.2 Å². The minimum atomic E-state index is -0.380. The smallest absolute Gasteiger partial charge is 0.259 e. The SMILES string of the molecule is Cc1noc2nc(-c3ccccc3F)cc(C(=O)N(C3CC3)C(C)C3CC3)c12. The van der Waals surface area contributed by atoms with Crippen molar-refractivity contribution in [2.75, 3.05) is 0 Å². The Bertz CT molecular complexity index is 1070. The van der Waals surface area contributed by atoms with E-state index in [4.69, 9.17) is 4.52 Å². The number of hydrogen-bond donors (Lipinski definition) is 0. The molecule has 1 aromatic carbocycles. The van der Waals surface area contributed by atoms with Gasteiger partial charge in [0.25, 0.3) is 11.6 Å². The molecule has 2 aliphatic rings. The van der Waals surface area contributed by atoms with Crippen LogP contribution in [0.2, 0.25) is 0 Å². The predicted molar refractivity (Wildman–Crippen MR) is 103 cm³/mol. The van der Waals surface area contributed by atoms with E-state index < -0.39 is 0 Å². The lowest BCUT2D eigenvalue weighted by Crippen LogP contribution is -2.41. The Morgan fingerprint density at radius 3 is 2.68 bits per heavy atom. The van der Waals surface area contributed by atoms with Gasteiger partial charge in [-0.3, -0.25) is 4.79 Å². The zero-order chi connectivity index (χ0) is 19.4. The second-order valence-electron chi connectivity index (χ2n) is 8.00. The van der Waals surface area contributed by atoms with Gasteiger partial charge >= 0.3 is 0 Å². The Labute approximate surface area is 162 Å². The summed E-state index contributed by atoms with van der Waals surface area (Å²) in [6.45, 7) is 3.95. The molecule has 2 saturated carbocycles. The zero-order valence-electron chi connectivity index (χ0n) is 16.0. The molecule has 144 valence electrons. The maximum Gasteiger partial charge on any atom is 0.259 e. The maximum absolute atomic E-state index is 14.4. The van der Waals surface area contributed by atoms with Gasteiger partial charge < -0.3 is 9.42 Å². The highest BCUT2D eigenvalue weighted by Crippen LogP contribution is 2.41. The van der Waals surface area contributed by atoms with Crippen LogP contribution in [0.3, 0.4) is 0 Å². The van der Waals surface area contributed by atoms with Gasteiger partial charge in [0.2, 0.25) is 0 Å². The maximum atomic E-state index is 14.4. The van der Waals surface area contributed by atoms with Crippen molar-refractivity contribution in [3.05, 3.63) is 47.4 Å². The molecule has 2 heterocycles. The van der Waals surface area contributed by atoms with E-state index in [-0.39, 0.29) is 23.5 Å². The van der Waals surface area contributed by atoms with Crippen molar-refractivity contribution in [2.45, 2.75) is 51.6 Å². The van der Waals surface area contributed by atoms with Crippen molar-refractivity contribution in [3.63, 3.8) is 0 Å². The number of benzene rings is 1. The van der Waals surface area contributed by atoms with E-state index in [0.717, 1.165) is 12.8 Å². The molecule has 28 heavy (non-hydrogen) atoms. The lowest BCUT2D eigenvalue weighted by Gasteiger charge is -2.30. The highest BCUT2D eigenvalue weighted by molar-refractivity contribution is 6.07. The Kier molecular flexibility index (Phi) is 3.96. The lowest BCUT2D eigenvalue weighted by atomic mass is 10.0. The molecule has 2 aliphatic carbocycles. The zero-order valence-corrected chi connectivity index (χ0v) is 16.0. The molecule has 2 fully saturated rings. The predicted octanol–water partition coefficient (Wildman–Crippen LogP) is 4.74. The summed E-state index contributed by atoms with van der Waals surface area (Å²) in [5, 5.41) is 4.63. The number of carbonyl (C=O) groups is 1. The number of aryl methyl sites for hydroxylation is 1. The van der Waals surface area contributed by atoms with Crippen molar-refractivity contribution >= 4 is 17.0 Å². The van der Waals surface area contributed by atoms with Gasteiger partial charge in [-0.25, -0.2) is 9.37 Å². The Hall–Kier alpha value is -2.76. The lowest BCUT2D eigenvalue weighted by molar-refractivity contribution is 0.0656. The summed E-state index contributed by atoms with van der Waals surface area (Å²) < 4.78 is 19.7. The molecular weight excluding hydrogens is 357 g/mol. The monoisotopic (exact) mass is 379 g/mol. The van der Waals surface area contributed by atoms with Gasteiger partial charge in [0.15, 0.2) is 0 Å². The fourth-order valence-electron chi connectivity index (χ4n) is 4.05. The van der Waals surface area contributed by atoms with Crippen LogP contribution in [0, 0.1) is 18.7 Å². The first-order valence-corrected chi connectivity index (χ1v) is 9.89. The van der Waals surface area contributed by atoms with E-state index in [2.05, 4.69) is 17.1 Å². The number of carbonyl (C=O) groups excluding carboxylic acids is 1. The number of amides is 1. The van der Waals surface area contributed by atoms with Crippen LogP contribution >= 0.6 is 0 Å². The third kappa shape index (κ3) is 2.87. The first-order valence-electron chi connectivity index (χ1n) is 9.89. The highest BCUT2D eigenvalue weighted by atomic mass is 19.1. The van der Waals surface area contributed by atoms with Gasteiger partial charge in [-0.15, -0.1) is 0 Å². The molecule has 0 spiro atoms. The molecule has 5 rings (SSSR count). The molecule has 0 radical (unpaired) electrons. The van der Waals surface area contributed by atoms with E-state index in [9.17, 15) is 9.18 Å². The van der Waals surface area contributed by atoms with Gasteiger partial charge in [-0.05, 0) is 63.6 Å². The second kappa shape index (κ2) is 6.40. The molecule has 0 aliphatic heterocycles. The molecular formula is C22H22FN3O2. The Balaban J connectivity index is 1.66. The number of rotatable bonds is 5. The number of halogens is 1. The molecule has 2 aromatic heterocycles. The first-order chi connectivity index (χ1) is 13.5. The summed E-state index contributed by atoms with van der Waals surface area (Å²) in [5.41, 5.74) is 2.14. The summed E-state index contributed by atoms with van der Waals surface area (Å²) in [6.07, 6.45) is 4.44. The molecule has 1 unspecified atom stereocenters. The Morgan fingerprint density at radius 1 is 1.25 bits per heavy atom. The minimum absolute atomic E-state index is 0.0295. The van der Waals surface area contributed by atoms with Crippen molar-refractivity contribution in [1.82, 2.24) is 15.0 Å². The normalized spacial score (nSPS) is 17.7. The van der Waals surface area contributed by atoms with Crippen molar-refractivity contribution in [3.8, 4) is 11.3 Å². The van der Waals surface area contributed by atoms with E-state index in [1.165, 1.54) is 18.9 Å². The number of fused-ring (bicyclic) bond motifs is 1. The molecule has 1 atom stereocenters. The standard InChI is InChI=1S/C22H22FN3O2/c1-12-20-17(22(27)26(15-9-10-15)13(2)14-7-8-14)11-19(24-21(20)28-25-12)16-5-3-4-6-18(16)23/h3-6,11,13-15H,7-10H2,1-2H3. The summed E-state index contributed by atoms with van der Waals surface area (Å²) >= 11 is 0. The van der Waals surface area contributed by atoms with Crippen LogP contribution in [0.1, 0.15) is 48.7 Å². The van der Waals surface area contributed by atoms with Gasteiger partial charge in [0, 0.05) is 17.6 Å². The summed E-state index contributed by atoms with van der Waals surface area (Å²) in [7, 11) is 0. The molecule has 1 amide bonds. The summed E-state index contributed by atoms with van der Waals surface area (Å²) in [5.74, 6) is 0.170. The average Bonchev–Trinajstić information content (AvgIpc) is 3.60. The van der Waals surface area contributed by atoms with Crippen molar-refractivity contribution < 1.29 is 13.7 Å². The van der Waals surface area contributed by atoms with Gasteiger partial charge in [-0.2, -0.15) is 0 Å². The molecule has 0 bridgehead atoms. The van der Waals surface area contributed by atoms with Crippen LogP contribution < -0.4 is 0 Å². The van der Waals surface area contributed by atoms with E-state index in [1.54, 1.807) is 31.2 Å². The minimum Gasteiger partial charge on any atom is -0.335 e. The first kappa shape index (κ1) is 17.3.